The highest BCUT2D eigenvalue weighted by molar-refractivity contribution is 5.91. The monoisotopic (exact) mass is 399 g/mol. The second-order valence-corrected chi connectivity index (χ2v) is 8.75. The summed E-state index contributed by atoms with van der Waals surface area (Å²) in [5.74, 6) is -0.0893. The van der Waals surface area contributed by atoms with E-state index in [0.717, 1.165) is 18.5 Å². The summed E-state index contributed by atoms with van der Waals surface area (Å²) in [7, 11) is 0. The number of pyridine rings is 1. The summed E-state index contributed by atoms with van der Waals surface area (Å²) in [6.45, 7) is 9.56. The molecule has 0 saturated carbocycles. The molecule has 1 aromatic carbocycles. The predicted octanol–water partition coefficient (Wildman–Crippen LogP) is 4.87. The summed E-state index contributed by atoms with van der Waals surface area (Å²) in [6, 6.07) is 11.5. The molecule has 2 heterocycles. The second kappa shape index (κ2) is 8.91. The van der Waals surface area contributed by atoms with Crippen LogP contribution in [0.2, 0.25) is 0 Å². The van der Waals surface area contributed by atoms with Gasteiger partial charge in [-0.2, -0.15) is 0 Å². The summed E-state index contributed by atoms with van der Waals surface area (Å²) in [6.07, 6.45) is 1.15. The van der Waals surface area contributed by atoms with Crippen molar-refractivity contribution in [3.05, 3.63) is 53.5 Å². The van der Waals surface area contributed by atoms with E-state index in [1.807, 2.05) is 43.9 Å². The topological polar surface area (TPSA) is 54.5 Å². The van der Waals surface area contributed by atoms with Crippen LogP contribution in [0.15, 0.2) is 36.4 Å². The lowest BCUT2D eigenvalue weighted by molar-refractivity contribution is -0.117. The van der Waals surface area contributed by atoms with Gasteiger partial charge in [-0.3, -0.25) is 4.79 Å². The number of hydrogen-bond acceptors (Lipinski definition) is 4. The van der Waals surface area contributed by atoms with E-state index in [1.165, 1.54) is 6.07 Å². The third-order valence-electron chi connectivity index (χ3n) is 4.93. The molecule has 156 valence electrons. The van der Waals surface area contributed by atoms with Crippen molar-refractivity contribution in [1.29, 1.82) is 0 Å². The van der Waals surface area contributed by atoms with Gasteiger partial charge in [0.2, 0.25) is 5.91 Å². The molecule has 0 aliphatic carbocycles. The minimum Gasteiger partial charge on any atom is -0.372 e. The van der Waals surface area contributed by atoms with Gasteiger partial charge >= 0.3 is 0 Å². The van der Waals surface area contributed by atoms with Crippen LogP contribution in [-0.2, 0) is 9.53 Å². The first-order valence-electron chi connectivity index (χ1n) is 10.1. The smallest absolute Gasteiger partial charge is 0.225 e. The van der Waals surface area contributed by atoms with Gasteiger partial charge < -0.3 is 15.0 Å². The molecule has 1 aromatic heterocycles. The summed E-state index contributed by atoms with van der Waals surface area (Å²) in [4.78, 5) is 18.8. The van der Waals surface area contributed by atoms with Gasteiger partial charge in [-0.15, -0.1) is 0 Å². The van der Waals surface area contributed by atoms with E-state index in [0.29, 0.717) is 31.1 Å². The number of aryl methyl sites for hydroxylation is 1. The Bertz CT molecular complexity index is 826. The molecule has 2 aromatic rings. The van der Waals surface area contributed by atoms with Crippen LogP contribution < -0.4 is 10.2 Å². The zero-order valence-electron chi connectivity index (χ0n) is 17.7. The maximum atomic E-state index is 14.8. The van der Waals surface area contributed by atoms with Crippen molar-refractivity contribution in [3.8, 4) is 0 Å². The third-order valence-corrected chi connectivity index (χ3v) is 4.93. The maximum Gasteiger partial charge on any atom is 0.225 e. The first-order valence-corrected chi connectivity index (χ1v) is 10.1. The number of amides is 1. The molecule has 0 bridgehead atoms. The lowest BCUT2D eigenvalue weighted by Crippen LogP contribution is -2.27. The van der Waals surface area contributed by atoms with Crippen molar-refractivity contribution >= 4 is 17.4 Å². The van der Waals surface area contributed by atoms with E-state index in [-0.39, 0.29) is 23.1 Å². The molecule has 0 radical (unpaired) electrons. The number of halogens is 1. The van der Waals surface area contributed by atoms with Crippen molar-refractivity contribution in [3.63, 3.8) is 0 Å². The Balaban J connectivity index is 1.70. The molecule has 1 aliphatic heterocycles. The van der Waals surface area contributed by atoms with Crippen LogP contribution in [-0.4, -0.2) is 30.6 Å². The van der Waals surface area contributed by atoms with E-state index >= 15 is 0 Å². The zero-order chi connectivity index (χ0) is 21.0. The van der Waals surface area contributed by atoms with Gasteiger partial charge in [0.25, 0.3) is 0 Å². The van der Waals surface area contributed by atoms with Crippen LogP contribution in [0, 0.1) is 18.2 Å². The largest absolute Gasteiger partial charge is 0.372 e. The van der Waals surface area contributed by atoms with Gasteiger partial charge in [-0.05, 0) is 24.3 Å². The highest BCUT2D eigenvalue weighted by Crippen LogP contribution is 2.28. The highest BCUT2D eigenvalue weighted by atomic mass is 19.1. The molecule has 29 heavy (non-hydrogen) atoms. The van der Waals surface area contributed by atoms with Crippen LogP contribution in [0.4, 0.5) is 15.9 Å². The summed E-state index contributed by atoms with van der Waals surface area (Å²) >= 11 is 0. The molecule has 1 amide bonds. The Hall–Kier alpha value is -2.47. The lowest BCUT2D eigenvalue weighted by atomic mass is 9.92. The minimum absolute atomic E-state index is 0.0307. The SMILES string of the molecule is Cc1nc(N2CCO[C@@H](c3ccccc3)CC2)cc(F)c1NC(=O)CC(C)(C)C. The zero-order valence-corrected chi connectivity index (χ0v) is 17.7. The first-order chi connectivity index (χ1) is 13.7. The third kappa shape index (κ3) is 5.76. The minimum atomic E-state index is -0.459. The van der Waals surface area contributed by atoms with E-state index in [9.17, 15) is 9.18 Å². The maximum absolute atomic E-state index is 14.8. The average Bonchev–Trinajstić information content (AvgIpc) is 2.90. The first kappa shape index (κ1) is 21.2. The Kier molecular flexibility index (Phi) is 6.52. The molecule has 1 saturated heterocycles. The molecule has 1 aliphatic rings. The molecule has 5 nitrogen and oxygen atoms in total. The fourth-order valence-corrected chi connectivity index (χ4v) is 3.53. The highest BCUT2D eigenvalue weighted by Gasteiger charge is 2.23. The quantitative estimate of drug-likeness (QED) is 0.797. The number of anilines is 2. The van der Waals surface area contributed by atoms with Crippen molar-refractivity contribution < 1.29 is 13.9 Å². The Morgan fingerprint density at radius 2 is 2.00 bits per heavy atom. The van der Waals surface area contributed by atoms with E-state index in [2.05, 4.69) is 22.4 Å². The van der Waals surface area contributed by atoms with E-state index in [1.54, 1.807) is 6.92 Å². The predicted molar refractivity (Wildman–Crippen MR) is 114 cm³/mol. The number of ether oxygens (including phenoxy) is 1. The number of hydrogen-bond donors (Lipinski definition) is 1. The molecule has 0 spiro atoms. The number of aromatic nitrogens is 1. The van der Waals surface area contributed by atoms with Crippen molar-refractivity contribution in [2.45, 2.75) is 46.6 Å². The van der Waals surface area contributed by atoms with Crippen molar-refractivity contribution in [1.82, 2.24) is 4.98 Å². The molecule has 3 rings (SSSR count). The van der Waals surface area contributed by atoms with Crippen molar-refractivity contribution in [2.24, 2.45) is 5.41 Å². The van der Waals surface area contributed by atoms with Gasteiger partial charge in [-0.1, -0.05) is 51.1 Å². The lowest BCUT2D eigenvalue weighted by Gasteiger charge is -2.23. The number of rotatable bonds is 4. The van der Waals surface area contributed by atoms with Gasteiger partial charge in [-0.25, -0.2) is 9.37 Å². The van der Waals surface area contributed by atoms with Crippen molar-refractivity contribution in [2.75, 3.05) is 29.9 Å². The summed E-state index contributed by atoms with van der Waals surface area (Å²) in [5, 5.41) is 2.69. The Morgan fingerprint density at radius 3 is 2.66 bits per heavy atom. The standard InChI is InChI=1S/C23H30FN3O2/c1-16-22(26-21(28)15-23(2,3)4)18(24)14-20(25-16)27-11-10-19(29-13-12-27)17-8-6-5-7-9-17/h5-9,14,19H,10-13,15H2,1-4H3,(H,26,28)/t19-/m1/s1. The van der Waals surface area contributed by atoms with Gasteiger partial charge in [0.15, 0.2) is 5.82 Å². The van der Waals surface area contributed by atoms with Gasteiger partial charge in [0, 0.05) is 25.6 Å². The fourth-order valence-electron chi connectivity index (χ4n) is 3.53. The van der Waals surface area contributed by atoms with Gasteiger partial charge in [0.05, 0.1) is 24.1 Å². The Labute approximate surface area is 172 Å². The van der Waals surface area contributed by atoms with Crippen LogP contribution in [0.1, 0.15) is 51.0 Å². The normalized spacial score (nSPS) is 17.7. The summed E-state index contributed by atoms with van der Waals surface area (Å²) < 4.78 is 20.8. The Morgan fingerprint density at radius 1 is 1.28 bits per heavy atom. The summed E-state index contributed by atoms with van der Waals surface area (Å²) in [5.41, 5.74) is 1.63. The van der Waals surface area contributed by atoms with Crippen LogP contribution in [0.3, 0.4) is 0 Å². The molecule has 0 unspecified atom stereocenters. The molecule has 1 N–H and O–H groups in total. The number of carbonyl (C=O) groups excluding carboxylic acids is 1. The molecule has 1 fully saturated rings. The number of carbonyl (C=O) groups is 1. The molecule has 6 heteroatoms. The van der Waals surface area contributed by atoms with E-state index in [4.69, 9.17) is 4.74 Å². The molecular weight excluding hydrogens is 369 g/mol. The van der Waals surface area contributed by atoms with Crippen LogP contribution in [0.25, 0.3) is 0 Å². The molecular formula is C23H30FN3O2. The fraction of sp³-hybridized carbons (Fsp3) is 0.478. The second-order valence-electron chi connectivity index (χ2n) is 8.75. The van der Waals surface area contributed by atoms with Gasteiger partial charge in [0.1, 0.15) is 5.82 Å². The molecule has 1 atom stereocenters. The van der Waals surface area contributed by atoms with Crippen LogP contribution in [0.5, 0.6) is 0 Å². The number of nitrogens with zero attached hydrogens (tertiary/aromatic N) is 2. The van der Waals surface area contributed by atoms with Crippen LogP contribution >= 0.6 is 0 Å². The number of nitrogens with one attached hydrogen (secondary N) is 1. The van der Waals surface area contributed by atoms with E-state index < -0.39 is 5.82 Å². The number of benzene rings is 1. The average molecular weight is 400 g/mol.